The van der Waals surface area contributed by atoms with E-state index in [9.17, 15) is 0 Å². The van der Waals surface area contributed by atoms with Crippen LogP contribution in [0.5, 0.6) is 0 Å². The molecule has 4 nitrogen and oxygen atoms in total. The first-order chi connectivity index (χ1) is 2.00. The Kier molecular flexibility index (Phi) is 30.3. The molecule has 0 saturated heterocycles. The third-order valence-electron chi connectivity index (χ3n) is 0. The van der Waals surface area contributed by atoms with E-state index in [0.717, 1.165) is 0 Å². The van der Waals surface area contributed by atoms with Crippen molar-refractivity contribution in [1.82, 2.24) is 0 Å². The summed E-state index contributed by atoms with van der Waals surface area (Å²) in [5, 5.41) is 0. The zero-order chi connectivity index (χ0) is 4.50. The molecule has 8 heavy (non-hydrogen) atoms. The van der Waals surface area contributed by atoms with Crippen LogP contribution in [0.25, 0.3) is 0 Å². The van der Waals surface area contributed by atoms with Crippen LogP contribution in [0.3, 0.4) is 0 Å². The van der Waals surface area contributed by atoms with Gasteiger partial charge in [-0.2, -0.15) is 0 Å². The molecule has 0 aromatic rings. The van der Waals surface area contributed by atoms with E-state index in [1.807, 2.05) is 0 Å². The monoisotopic (exact) mass is 509 g/mol. The predicted molar refractivity (Wildman–Crippen MR) is 14.6 cm³/mol. The van der Waals surface area contributed by atoms with E-state index in [4.69, 9.17) is 19.2 Å². The first-order valence-electron chi connectivity index (χ1n) is 0.894. The molecule has 55 valence electrons. The van der Waals surface area contributed by atoms with Gasteiger partial charge in [-0.15, -0.1) is 0 Å². The first kappa shape index (κ1) is 22.6. The van der Waals surface area contributed by atoms with Crippen LogP contribution in [0.2, 0.25) is 0 Å². The second-order valence-electron chi connectivity index (χ2n) is 0.600. The van der Waals surface area contributed by atoms with E-state index in [-0.39, 0.29) is 110 Å². The normalized spacial score (nSPS) is 7.50. The summed E-state index contributed by atoms with van der Waals surface area (Å²) in [6.07, 6.45) is 0. The van der Waals surface area contributed by atoms with Gasteiger partial charge in [0.05, 0.1) is 0 Å². The van der Waals surface area contributed by atoms with Crippen molar-refractivity contribution in [2.24, 2.45) is 0 Å². The van der Waals surface area contributed by atoms with Gasteiger partial charge in [0.25, 0.3) is 0 Å². The van der Waals surface area contributed by atoms with Crippen molar-refractivity contribution < 1.29 is 129 Å². The van der Waals surface area contributed by atoms with Crippen LogP contribution in [-0.4, -0.2) is 28.2 Å². The van der Waals surface area contributed by atoms with Crippen LogP contribution in [-0.2, 0) is 32.7 Å². The van der Waals surface area contributed by atoms with Crippen molar-refractivity contribution in [2.75, 3.05) is 0 Å². The van der Waals surface area contributed by atoms with Crippen molar-refractivity contribution in [2.45, 2.75) is 0 Å². The van der Waals surface area contributed by atoms with Crippen LogP contribution < -0.4 is 0 Å². The van der Waals surface area contributed by atoms with Gasteiger partial charge in [0, 0.05) is 110 Å². The van der Waals surface area contributed by atoms with E-state index in [1.165, 1.54) is 0 Å². The molecule has 0 heterocycles. The number of hydrogen-bond acceptors (Lipinski definition) is 4. The van der Waals surface area contributed by atoms with Crippen molar-refractivity contribution >= 4 is 9.05 Å². The fourth-order valence-electron chi connectivity index (χ4n) is 0. The minimum Gasteiger partial charge on any atom is -0.368 e. The van der Waals surface area contributed by atoms with E-state index in [1.54, 1.807) is 0 Å². The molecule has 0 fully saturated rings. The molecule has 0 aliphatic carbocycles. The van der Waals surface area contributed by atoms with E-state index in [2.05, 4.69) is 0 Å². The molecule has 0 aromatic heterocycles. The SMILES string of the molecule is O[Si](O)(O)O.[Er].[Gd].[Y]. The second-order valence-corrected chi connectivity index (χ2v) is 1.80. The predicted octanol–water partition coefficient (Wildman–Crippen LogP) is -2.61. The third kappa shape index (κ3) is 53.3. The molecule has 0 atom stereocenters. The van der Waals surface area contributed by atoms with Gasteiger partial charge in [0.15, 0.2) is 0 Å². The number of hydrogen-bond donors (Lipinski definition) is 4. The molecule has 8 heteroatoms. The van der Waals surface area contributed by atoms with Crippen LogP contribution in [0, 0.1) is 77.2 Å². The molecular weight excluding hydrogens is 505 g/mol. The van der Waals surface area contributed by atoms with Gasteiger partial charge < -0.3 is 19.2 Å². The standard InChI is InChI=1S/Er.Gd.H4O4Si.Y/c;;1-5(2,3)4;/h;;1-4H;. The molecule has 0 rings (SSSR count). The van der Waals surface area contributed by atoms with E-state index >= 15 is 0 Å². The van der Waals surface area contributed by atoms with Gasteiger partial charge in [-0.05, 0) is 0 Å². The Bertz CT molecular complexity index is 31.5. The molecule has 0 aromatic carbocycles. The van der Waals surface area contributed by atoms with Gasteiger partial charge in [0.1, 0.15) is 0 Å². The van der Waals surface area contributed by atoms with E-state index in [0.29, 0.717) is 0 Å². The second kappa shape index (κ2) is 10.7. The Hall–Kier alpha value is 3.73. The molecule has 4 N–H and O–H groups in total. The minimum absolute atomic E-state index is 0. The molecule has 0 aliphatic rings. The fraction of sp³-hybridized carbons (Fsp3) is 0. The maximum absolute atomic E-state index is 7.33. The molecule has 0 aliphatic heterocycles. The van der Waals surface area contributed by atoms with Crippen LogP contribution in [0.15, 0.2) is 0 Å². The van der Waals surface area contributed by atoms with Gasteiger partial charge in [0.2, 0.25) is 0 Å². The molecular formula is H4ErGdO4SiY. The van der Waals surface area contributed by atoms with Crippen molar-refractivity contribution in [3.8, 4) is 0 Å². The maximum Gasteiger partial charge on any atom is 0.668 e. The van der Waals surface area contributed by atoms with Gasteiger partial charge in [-0.1, -0.05) is 0 Å². The zero-order valence-corrected chi connectivity index (χ0v) is 11.5. The largest absolute Gasteiger partial charge is 0.668 e. The molecule has 0 spiro atoms. The smallest absolute Gasteiger partial charge is 0.368 e. The molecule has 0 bridgehead atoms. The molecule has 0 unspecified atom stereocenters. The first-order valence-corrected chi connectivity index (χ1v) is 2.68. The average Bonchev–Trinajstić information content (AvgIpc) is 0.722. The summed E-state index contributed by atoms with van der Waals surface area (Å²) >= 11 is 0. The minimum atomic E-state index is -4.61. The Morgan fingerprint density at radius 3 is 0.875 bits per heavy atom. The van der Waals surface area contributed by atoms with E-state index < -0.39 is 9.05 Å². The maximum atomic E-state index is 7.33. The van der Waals surface area contributed by atoms with Gasteiger partial charge in [-0.3, -0.25) is 0 Å². The van der Waals surface area contributed by atoms with Crippen LogP contribution in [0.4, 0.5) is 0 Å². The Labute approximate surface area is 135 Å². The Balaban J connectivity index is -0.0000000267. The molecule has 0 amide bonds. The summed E-state index contributed by atoms with van der Waals surface area (Å²) in [5.41, 5.74) is 0. The number of rotatable bonds is 0. The molecule has 0 saturated carbocycles. The van der Waals surface area contributed by atoms with Crippen LogP contribution in [0.1, 0.15) is 0 Å². The summed E-state index contributed by atoms with van der Waals surface area (Å²) in [4.78, 5) is 29.3. The molecule has 1 radical (unpaired) electrons. The van der Waals surface area contributed by atoms with Gasteiger partial charge >= 0.3 is 9.05 Å². The Morgan fingerprint density at radius 2 is 0.875 bits per heavy atom. The quantitative estimate of drug-likeness (QED) is 0.270. The van der Waals surface area contributed by atoms with Crippen LogP contribution >= 0.6 is 0 Å². The van der Waals surface area contributed by atoms with Crippen molar-refractivity contribution in [3.63, 3.8) is 0 Å². The summed E-state index contributed by atoms with van der Waals surface area (Å²) in [5.74, 6) is 0. The van der Waals surface area contributed by atoms with Crippen molar-refractivity contribution in [1.29, 1.82) is 0 Å². The zero-order valence-electron chi connectivity index (χ0n) is 3.51. The average molecular weight is 510 g/mol. The van der Waals surface area contributed by atoms with Gasteiger partial charge in [-0.25, -0.2) is 0 Å². The third-order valence-corrected chi connectivity index (χ3v) is 0. The topological polar surface area (TPSA) is 80.9 Å². The summed E-state index contributed by atoms with van der Waals surface area (Å²) in [6, 6.07) is 0. The Morgan fingerprint density at radius 1 is 0.875 bits per heavy atom. The summed E-state index contributed by atoms with van der Waals surface area (Å²) in [7, 11) is -4.61. The summed E-state index contributed by atoms with van der Waals surface area (Å²) in [6.45, 7) is 0. The summed E-state index contributed by atoms with van der Waals surface area (Å²) < 4.78 is 0. The van der Waals surface area contributed by atoms with Crippen molar-refractivity contribution in [3.05, 3.63) is 0 Å². The fourth-order valence-corrected chi connectivity index (χ4v) is 0.